The molecule has 1 atom stereocenters. The number of nitrogens with one attached hydrogen (secondary N) is 1. The molecule has 1 aromatic heterocycles. The maximum atomic E-state index is 11.4. The Labute approximate surface area is 103 Å². The predicted molar refractivity (Wildman–Crippen MR) is 64.3 cm³/mol. The number of hydrogen-bond acceptors (Lipinski definition) is 4. The summed E-state index contributed by atoms with van der Waals surface area (Å²) in [7, 11) is 0. The van der Waals surface area contributed by atoms with E-state index in [9.17, 15) is 9.59 Å². The van der Waals surface area contributed by atoms with Crippen molar-refractivity contribution >= 4 is 40.5 Å². The lowest BCUT2D eigenvalue weighted by Crippen LogP contribution is -2.21. The van der Waals surface area contributed by atoms with Crippen molar-refractivity contribution in [3.05, 3.63) is 10.9 Å². The number of aryl methyl sites for hydroxylation is 1. The molecule has 0 aliphatic heterocycles. The molecular formula is C10H12ClNO3S. The molecule has 4 nitrogen and oxygen atoms in total. The van der Waals surface area contributed by atoms with Crippen LogP contribution < -0.4 is 10.1 Å². The molecule has 0 radical (unpaired) electrons. The van der Waals surface area contributed by atoms with Crippen LogP contribution in [0.5, 0.6) is 5.06 Å². The minimum atomic E-state index is -0.635. The van der Waals surface area contributed by atoms with Crippen LogP contribution in [0.25, 0.3) is 0 Å². The van der Waals surface area contributed by atoms with E-state index in [1.807, 2.05) is 6.92 Å². The quantitative estimate of drug-likeness (QED) is 0.672. The first-order chi connectivity index (χ1) is 7.41. The summed E-state index contributed by atoms with van der Waals surface area (Å²) in [4.78, 5) is 22.3. The van der Waals surface area contributed by atoms with Gasteiger partial charge in [-0.05, 0) is 24.8 Å². The Balaban J connectivity index is 2.89. The fraction of sp³-hybridized carbons (Fsp3) is 0.400. The molecule has 0 saturated carbocycles. The molecule has 0 aromatic carbocycles. The molecule has 1 aromatic rings. The number of alkyl halides is 1. The third-order valence-corrected chi connectivity index (χ3v) is 2.96. The van der Waals surface area contributed by atoms with Gasteiger partial charge in [0.05, 0.1) is 5.69 Å². The largest absolute Gasteiger partial charge is 0.413 e. The van der Waals surface area contributed by atoms with E-state index in [0.717, 1.165) is 5.56 Å². The number of thiophene rings is 1. The summed E-state index contributed by atoms with van der Waals surface area (Å²) in [5.74, 6) is -0.743. The fourth-order valence-electron chi connectivity index (χ4n) is 0.999. The number of ether oxygens (including phenoxy) is 1. The second kappa shape index (κ2) is 5.32. The highest BCUT2D eigenvalue weighted by Crippen LogP contribution is 2.35. The van der Waals surface area contributed by atoms with Gasteiger partial charge in [0.15, 0.2) is 0 Å². The molecule has 1 rings (SSSR count). The van der Waals surface area contributed by atoms with Crippen LogP contribution in [0.15, 0.2) is 5.38 Å². The first-order valence-corrected chi connectivity index (χ1v) is 5.95. The van der Waals surface area contributed by atoms with Crippen molar-refractivity contribution in [3.8, 4) is 5.06 Å². The van der Waals surface area contributed by atoms with Crippen LogP contribution in [-0.4, -0.2) is 17.3 Å². The molecule has 6 heteroatoms. The number of rotatable bonds is 3. The van der Waals surface area contributed by atoms with Crippen LogP contribution in [0.2, 0.25) is 0 Å². The molecule has 1 heterocycles. The minimum Gasteiger partial charge on any atom is -0.413 e. The van der Waals surface area contributed by atoms with E-state index in [4.69, 9.17) is 16.3 Å². The molecule has 0 fully saturated rings. The first-order valence-electron chi connectivity index (χ1n) is 4.63. The number of anilines is 1. The lowest BCUT2D eigenvalue weighted by Gasteiger charge is -2.08. The van der Waals surface area contributed by atoms with Gasteiger partial charge >= 0.3 is 5.97 Å². The maximum absolute atomic E-state index is 11.4. The van der Waals surface area contributed by atoms with Crippen LogP contribution >= 0.6 is 22.9 Å². The molecule has 1 amide bonds. The van der Waals surface area contributed by atoms with Crippen molar-refractivity contribution < 1.29 is 14.3 Å². The summed E-state index contributed by atoms with van der Waals surface area (Å²) in [6.45, 7) is 4.70. The normalized spacial score (nSPS) is 12.0. The number of carbonyl (C=O) groups excluding carboxylic acids is 2. The van der Waals surface area contributed by atoms with Gasteiger partial charge in [0.25, 0.3) is 0 Å². The van der Waals surface area contributed by atoms with Crippen molar-refractivity contribution in [1.29, 1.82) is 0 Å². The van der Waals surface area contributed by atoms with E-state index in [1.54, 1.807) is 12.3 Å². The molecule has 0 saturated heterocycles. The highest BCUT2D eigenvalue weighted by molar-refractivity contribution is 7.12. The van der Waals surface area contributed by atoms with Gasteiger partial charge in [0.1, 0.15) is 5.38 Å². The van der Waals surface area contributed by atoms with Gasteiger partial charge in [-0.2, -0.15) is 0 Å². The lowest BCUT2D eigenvalue weighted by atomic mass is 10.3. The highest BCUT2D eigenvalue weighted by atomic mass is 35.5. The number of amides is 1. The Morgan fingerprint density at radius 2 is 2.19 bits per heavy atom. The van der Waals surface area contributed by atoms with Crippen molar-refractivity contribution in [2.24, 2.45) is 0 Å². The first kappa shape index (κ1) is 13.0. The minimum absolute atomic E-state index is 0.323. The summed E-state index contributed by atoms with van der Waals surface area (Å²) >= 11 is 6.90. The zero-order chi connectivity index (χ0) is 12.3. The Morgan fingerprint density at radius 3 is 2.69 bits per heavy atom. The van der Waals surface area contributed by atoms with E-state index < -0.39 is 11.3 Å². The molecule has 88 valence electrons. The average molecular weight is 262 g/mol. The molecular weight excluding hydrogens is 250 g/mol. The summed E-state index contributed by atoms with van der Waals surface area (Å²) in [6.07, 6.45) is 0. The summed E-state index contributed by atoms with van der Waals surface area (Å²) < 4.78 is 4.97. The number of halogens is 1. The van der Waals surface area contributed by atoms with E-state index in [2.05, 4.69) is 5.32 Å². The van der Waals surface area contributed by atoms with E-state index in [1.165, 1.54) is 18.3 Å². The van der Waals surface area contributed by atoms with Crippen LogP contribution in [0.3, 0.4) is 0 Å². The van der Waals surface area contributed by atoms with E-state index in [-0.39, 0.29) is 5.91 Å². The second-order valence-corrected chi connectivity index (χ2v) is 4.78. The van der Waals surface area contributed by atoms with Gasteiger partial charge in [-0.15, -0.1) is 22.9 Å². The van der Waals surface area contributed by atoms with E-state index >= 15 is 0 Å². The molecule has 16 heavy (non-hydrogen) atoms. The van der Waals surface area contributed by atoms with Gasteiger partial charge in [-0.25, -0.2) is 0 Å². The van der Waals surface area contributed by atoms with Crippen molar-refractivity contribution in [2.75, 3.05) is 5.32 Å². The average Bonchev–Trinajstić information content (AvgIpc) is 2.48. The molecule has 0 spiro atoms. The monoisotopic (exact) mass is 261 g/mol. The number of esters is 1. The standard InChI is InChI=1S/C10H12ClNO3S/c1-5-4-16-10(15-7(3)13)8(5)12-9(14)6(2)11/h4,6H,1-3H3,(H,12,14). The van der Waals surface area contributed by atoms with Gasteiger partial charge in [-0.1, -0.05) is 0 Å². The van der Waals surface area contributed by atoms with Gasteiger partial charge < -0.3 is 10.1 Å². The molecule has 1 N–H and O–H groups in total. The summed E-state index contributed by atoms with van der Waals surface area (Å²) in [5.41, 5.74) is 1.35. The molecule has 1 unspecified atom stereocenters. The Bertz CT molecular complexity index is 414. The molecule has 0 aliphatic carbocycles. The van der Waals surface area contributed by atoms with Crippen LogP contribution in [0.4, 0.5) is 5.69 Å². The van der Waals surface area contributed by atoms with Crippen molar-refractivity contribution in [2.45, 2.75) is 26.1 Å². The number of carbonyl (C=O) groups is 2. The third kappa shape index (κ3) is 3.21. The fourth-order valence-corrected chi connectivity index (χ4v) is 1.95. The lowest BCUT2D eigenvalue weighted by molar-refractivity contribution is -0.131. The summed E-state index contributed by atoms with van der Waals surface area (Å²) in [5, 5.41) is 4.17. The molecule has 0 aliphatic rings. The third-order valence-electron chi connectivity index (χ3n) is 1.79. The summed E-state index contributed by atoms with van der Waals surface area (Å²) in [6, 6.07) is 0. The van der Waals surface area contributed by atoms with E-state index in [0.29, 0.717) is 10.8 Å². The van der Waals surface area contributed by atoms with Gasteiger partial charge in [-0.3, -0.25) is 9.59 Å². The van der Waals surface area contributed by atoms with Crippen molar-refractivity contribution in [3.63, 3.8) is 0 Å². The number of hydrogen-bond donors (Lipinski definition) is 1. The zero-order valence-corrected chi connectivity index (χ0v) is 10.7. The van der Waals surface area contributed by atoms with Crippen molar-refractivity contribution in [1.82, 2.24) is 0 Å². The predicted octanol–water partition coefficient (Wildman–Crippen LogP) is 2.55. The van der Waals surface area contributed by atoms with Gasteiger partial charge in [0.2, 0.25) is 11.0 Å². The SMILES string of the molecule is CC(=O)Oc1scc(C)c1NC(=O)C(C)Cl. The molecule has 0 bridgehead atoms. The Kier molecular flexibility index (Phi) is 4.32. The second-order valence-electron chi connectivity index (χ2n) is 3.28. The smallest absolute Gasteiger partial charge is 0.308 e. The Morgan fingerprint density at radius 1 is 1.56 bits per heavy atom. The highest BCUT2D eigenvalue weighted by Gasteiger charge is 2.17. The topological polar surface area (TPSA) is 55.4 Å². The zero-order valence-electron chi connectivity index (χ0n) is 9.17. The Hall–Kier alpha value is -1.07. The maximum Gasteiger partial charge on any atom is 0.308 e. The van der Waals surface area contributed by atoms with Crippen LogP contribution in [0.1, 0.15) is 19.4 Å². The van der Waals surface area contributed by atoms with Gasteiger partial charge in [0, 0.05) is 6.92 Å². The van der Waals surface area contributed by atoms with Crippen LogP contribution in [0, 0.1) is 6.92 Å². The van der Waals surface area contributed by atoms with Crippen LogP contribution in [-0.2, 0) is 9.59 Å².